The average Bonchev–Trinajstić information content (AvgIpc) is 3.23. The first-order valence-corrected chi connectivity index (χ1v) is 10.3. The van der Waals surface area contributed by atoms with Crippen molar-refractivity contribution in [1.82, 2.24) is 15.3 Å². The van der Waals surface area contributed by atoms with Crippen LogP contribution in [0.25, 0.3) is 11.5 Å². The first kappa shape index (κ1) is 21.1. The highest BCUT2D eigenvalue weighted by atomic mass is 35.5. The summed E-state index contributed by atoms with van der Waals surface area (Å²) < 4.78 is 11.5. The van der Waals surface area contributed by atoms with E-state index >= 15 is 0 Å². The van der Waals surface area contributed by atoms with Crippen molar-refractivity contribution < 1.29 is 13.9 Å². The summed E-state index contributed by atoms with van der Waals surface area (Å²) in [5.74, 6) is 1.16. The maximum atomic E-state index is 11.8. The number of nitrogens with one attached hydrogen (secondary N) is 2. The molecule has 154 valence electrons. The first-order chi connectivity index (χ1) is 13.7. The molecule has 0 aliphatic heterocycles. The van der Waals surface area contributed by atoms with Gasteiger partial charge in [0.15, 0.2) is 4.47 Å². The Bertz CT molecular complexity index is 977. The number of aromatic nitrogens is 2. The topological polar surface area (TPSA) is 89.3 Å². The lowest BCUT2D eigenvalue weighted by Gasteiger charge is -2.19. The third-order valence-corrected chi connectivity index (χ3v) is 4.93. The van der Waals surface area contributed by atoms with E-state index in [9.17, 15) is 4.79 Å². The predicted molar refractivity (Wildman–Crippen MR) is 114 cm³/mol. The molecule has 2 N–H and O–H groups in total. The molecule has 9 heteroatoms. The zero-order chi connectivity index (χ0) is 21.0. The van der Waals surface area contributed by atoms with E-state index < -0.39 is 11.7 Å². The highest BCUT2D eigenvalue weighted by Crippen LogP contribution is 2.24. The van der Waals surface area contributed by atoms with E-state index in [-0.39, 0.29) is 6.54 Å². The minimum Gasteiger partial charge on any atom is -0.444 e. The van der Waals surface area contributed by atoms with Crippen LogP contribution in [-0.2, 0) is 17.8 Å². The molecular formula is C20H23ClN4O3S. The van der Waals surface area contributed by atoms with Crippen LogP contribution in [0.1, 0.15) is 37.1 Å². The summed E-state index contributed by atoms with van der Waals surface area (Å²) in [7, 11) is 0. The fourth-order valence-electron chi connectivity index (χ4n) is 2.47. The Kier molecular flexibility index (Phi) is 6.44. The van der Waals surface area contributed by atoms with Gasteiger partial charge in [0.25, 0.3) is 0 Å². The summed E-state index contributed by atoms with van der Waals surface area (Å²) in [5, 5.41) is 6.02. The Morgan fingerprint density at radius 3 is 2.59 bits per heavy atom. The number of carbonyl (C=O) groups is 1. The first-order valence-electron chi connectivity index (χ1n) is 9.07. The smallest absolute Gasteiger partial charge is 0.407 e. The SMILES string of the molecule is Cc1oc(-c2ccc(NCc3cnc(Cl)s3)cc2)nc1CNC(=O)OC(C)(C)C. The van der Waals surface area contributed by atoms with Crippen molar-refractivity contribution in [2.45, 2.75) is 46.4 Å². The van der Waals surface area contributed by atoms with E-state index in [1.54, 1.807) is 6.20 Å². The van der Waals surface area contributed by atoms with E-state index in [0.717, 1.165) is 16.1 Å². The number of hydrogen-bond acceptors (Lipinski definition) is 7. The number of hydrogen-bond donors (Lipinski definition) is 2. The summed E-state index contributed by atoms with van der Waals surface area (Å²) in [6.45, 7) is 8.16. The molecule has 0 fully saturated rings. The summed E-state index contributed by atoms with van der Waals surface area (Å²) in [6, 6.07) is 7.77. The van der Waals surface area contributed by atoms with E-state index in [2.05, 4.69) is 20.6 Å². The normalized spacial score (nSPS) is 11.3. The second-order valence-corrected chi connectivity index (χ2v) is 9.09. The van der Waals surface area contributed by atoms with Crippen LogP contribution in [0.5, 0.6) is 0 Å². The third-order valence-electron chi connectivity index (χ3n) is 3.82. The molecule has 1 amide bonds. The number of oxazole rings is 1. The maximum Gasteiger partial charge on any atom is 0.407 e. The molecule has 0 radical (unpaired) electrons. The van der Waals surface area contributed by atoms with E-state index in [0.29, 0.717) is 28.4 Å². The van der Waals surface area contributed by atoms with Crippen molar-refractivity contribution >= 4 is 34.7 Å². The molecule has 29 heavy (non-hydrogen) atoms. The number of rotatable bonds is 6. The Balaban J connectivity index is 1.59. The molecule has 0 aliphatic carbocycles. The zero-order valence-corrected chi connectivity index (χ0v) is 18.3. The van der Waals surface area contributed by atoms with Gasteiger partial charge in [0.1, 0.15) is 17.1 Å². The number of alkyl carbamates (subject to hydrolysis) is 1. The second-order valence-electron chi connectivity index (χ2n) is 7.39. The van der Waals surface area contributed by atoms with Crippen LogP contribution < -0.4 is 10.6 Å². The van der Waals surface area contributed by atoms with Crippen LogP contribution in [0.2, 0.25) is 4.47 Å². The highest BCUT2D eigenvalue weighted by molar-refractivity contribution is 7.15. The van der Waals surface area contributed by atoms with Gasteiger partial charge in [-0.05, 0) is 52.0 Å². The van der Waals surface area contributed by atoms with E-state index in [1.807, 2.05) is 52.0 Å². The molecule has 0 aliphatic rings. The van der Waals surface area contributed by atoms with Gasteiger partial charge in [0.2, 0.25) is 5.89 Å². The zero-order valence-electron chi connectivity index (χ0n) is 16.7. The molecule has 3 aromatic rings. The fourth-order valence-corrected chi connectivity index (χ4v) is 3.39. The number of nitrogens with zero attached hydrogens (tertiary/aromatic N) is 2. The van der Waals surface area contributed by atoms with Crippen LogP contribution in [0.3, 0.4) is 0 Å². The maximum absolute atomic E-state index is 11.8. The van der Waals surface area contributed by atoms with Gasteiger partial charge in [-0.1, -0.05) is 11.6 Å². The summed E-state index contributed by atoms with van der Waals surface area (Å²) >= 11 is 7.29. The average molecular weight is 435 g/mol. The summed E-state index contributed by atoms with van der Waals surface area (Å²) in [5.41, 5.74) is 1.93. The lowest BCUT2D eigenvalue weighted by atomic mass is 10.2. The Morgan fingerprint density at radius 2 is 1.97 bits per heavy atom. The Labute approximate surface area is 178 Å². The van der Waals surface area contributed by atoms with Crippen molar-refractivity contribution in [2.24, 2.45) is 0 Å². The quantitative estimate of drug-likeness (QED) is 0.540. The fraction of sp³-hybridized carbons (Fsp3) is 0.350. The van der Waals surface area contributed by atoms with Gasteiger partial charge in [-0.3, -0.25) is 0 Å². The second kappa shape index (κ2) is 8.84. The number of halogens is 1. The molecule has 1 aromatic carbocycles. The van der Waals surface area contributed by atoms with Gasteiger partial charge in [0, 0.05) is 22.3 Å². The van der Waals surface area contributed by atoms with Crippen LogP contribution in [0, 0.1) is 6.92 Å². The van der Waals surface area contributed by atoms with Gasteiger partial charge in [-0.2, -0.15) is 0 Å². The number of amides is 1. The van der Waals surface area contributed by atoms with Crippen molar-refractivity contribution in [3.8, 4) is 11.5 Å². The number of carbonyl (C=O) groups excluding carboxylic acids is 1. The molecule has 7 nitrogen and oxygen atoms in total. The van der Waals surface area contributed by atoms with E-state index in [4.69, 9.17) is 20.8 Å². The molecule has 0 bridgehead atoms. The predicted octanol–water partition coefficient (Wildman–Crippen LogP) is 5.40. The van der Waals surface area contributed by atoms with Crippen LogP contribution in [0.4, 0.5) is 10.5 Å². The molecule has 0 spiro atoms. The standard InChI is InChI=1S/C20H23ClN4O3S/c1-12-16(11-24-19(26)28-20(2,3)4)25-17(27-12)13-5-7-14(8-6-13)22-9-15-10-23-18(21)29-15/h5-8,10,22H,9,11H2,1-4H3,(H,24,26). The van der Waals surface area contributed by atoms with Crippen molar-refractivity contribution in [2.75, 3.05) is 5.32 Å². The third kappa shape index (κ3) is 6.20. The Morgan fingerprint density at radius 1 is 1.24 bits per heavy atom. The number of aryl methyl sites for hydroxylation is 1. The lowest BCUT2D eigenvalue weighted by molar-refractivity contribution is 0.0523. The van der Waals surface area contributed by atoms with Crippen molar-refractivity contribution in [3.63, 3.8) is 0 Å². The number of anilines is 1. The highest BCUT2D eigenvalue weighted by Gasteiger charge is 2.17. The van der Waals surface area contributed by atoms with Gasteiger partial charge in [0.05, 0.1) is 13.1 Å². The van der Waals surface area contributed by atoms with Crippen molar-refractivity contribution in [3.05, 3.63) is 51.3 Å². The van der Waals surface area contributed by atoms with E-state index in [1.165, 1.54) is 11.3 Å². The van der Waals surface area contributed by atoms with Gasteiger partial charge in [-0.15, -0.1) is 11.3 Å². The monoisotopic (exact) mass is 434 g/mol. The molecule has 2 aromatic heterocycles. The molecule has 0 saturated carbocycles. The molecular weight excluding hydrogens is 412 g/mol. The molecule has 2 heterocycles. The van der Waals surface area contributed by atoms with Gasteiger partial charge in [-0.25, -0.2) is 14.8 Å². The molecule has 0 unspecified atom stereocenters. The molecule has 0 saturated heterocycles. The largest absolute Gasteiger partial charge is 0.444 e. The van der Waals surface area contributed by atoms with Crippen LogP contribution in [-0.4, -0.2) is 21.7 Å². The summed E-state index contributed by atoms with van der Waals surface area (Å²) in [4.78, 5) is 21.4. The number of ether oxygens (including phenoxy) is 1. The Hall–Kier alpha value is -2.58. The van der Waals surface area contributed by atoms with Gasteiger partial charge >= 0.3 is 6.09 Å². The van der Waals surface area contributed by atoms with Gasteiger partial charge < -0.3 is 19.8 Å². The number of thiazole rings is 1. The van der Waals surface area contributed by atoms with Crippen molar-refractivity contribution in [1.29, 1.82) is 0 Å². The number of benzene rings is 1. The summed E-state index contributed by atoms with van der Waals surface area (Å²) in [6.07, 6.45) is 1.27. The molecule has 0 atom stereocenters. The minimum atomic E-state index is -0.545. The van der Waals surface area contributed by atoms with Crippen LogP contribution in [0.15, 0.2) is 34.9 Å². The molecule has 3 rings (SSSR count). The minimum absolute atomic E-state index is 0.237. The lowest BCUT2D eigenvalue weighted by Crippen LogP contribution is -2.32. The van der Waals surface area contributed by atoms with Crippen LogP contribution >= 0.6 is 22.9 Å².